The standard InChI is InChI=1S/C17H13FN4O3S/c1-25-15-8-11(9-19)6-7-16(15)26(23,24)22-14-10-20-21-17(14)12-4-2-3-5-13(12)18/h2-8,10,22H,1H3,(H,20,21). The van der Waals surface area contributed by atoms with E-state index in [1.54, 1.807) is 6.07 Å². The van der Waals surface area contributed by atoms with Gasteiger partial charge < -0.3 is 4.74 Å². The van der Waals surface area contributed by atoms with Gasteiger partial charge in [-0.15, -0.1) is 0 Å². The van der Waals surface area contributed by atoms with Crippen molar-refractivity contribution >= 4 is 15.7 Å². The third-order valence-electron chi connectivity index (χ3n) is 3.61. The lowest BCUT2D eigenvalue weighted by Gasteiger charge is -2.12. The number of benzene rings is 2. The maximum Gasteiger partial charge on any atom is 0.265 e. The maximum atomic E-state index is 14.0. The Balaban J connectivity index is 2.02. The number of methoxy groups -OCH3 is 1. The van der Waals surface area contributed by atoms with Crippen LogP contribution in [-0.2, 0) is 10.0 Å². The minimum Gasteiger partial charge on any atom is -0.495 e. The van der Waals surface area contributed by atoms with Gasteiger partial charge in [0.15, 0.2) is 0 Å². The topological polar surface area (TPSA) is 108 Å². The first kappa shape index (κ1) is 17.4. The molecular formula is C17H13FN4O3S. The molecule has 0 bridgehead atoms. The fraction of sp³-hybridized carbons (Fsp3) is 0.0588. The van der Waals surface area contributed by atoms with Crippen molar-refractivity contribution in [1.29, 1.82) is 5.26 Å². The van der Waals surface area contributed by atoms with Gasteiger partial charge in [-0.3, -0.25) is 9.82 Å². The molecule has 0 saturated heterocycles. The Morgan fingerprint density at radius 1 is 1.27 bits per heavy atom. The van der Waals surface area contributed by atoms with Crippen molar-refractivity contribution in [2.24, 2.45) is 0 Å². The highest BCUT2D eigenvalue weighted by molar-refractivity contribution is 7.92. The van der Waals surface area contributed by atoms with Crippen LogP contribution in [-0.4, -0.2) is 25.7 Å². The highest BCUT2D eigenvalue weighted by atomic mass is 32.2. The van der Waals surface area contributed by atoms with E-state index in [0.717, 1.165) is 0 Å². The average Bonchev–Trinajstić information content (AvgIpc) is 3.08. The van der Waals surface area contributed by atoms with E-state index in [1.807, 2.05) is 6.07 Å². The maximum absolute atomic E-state index is 14.0. The smallest absolute Gasteiger partial charge is 0.265 e. The van der Waals surface area contributed by atoms with E-state index in [4.69, 9.17) is 10.00 Å². The lowest BCUT2D eigenvalue weighted by Crippen LogP contribution is -2.14. The Hall–Kier alpha value is -3.38. The van der Waals surface area contributed by atoms with E-state index in [1.165, 1.54) is 49.7 Å². The van der Waals surface area contributed by atoms with Gasteiger partial charge >= 0.3 is 0 Å². The monoisotopic (exact) mass is 372 g/mol. The lowest BCUT2D eigenvalue weighted by atomic mass is 10.1. The van der Waals surface area contributed by atoms with Gasteiger partial charge in [0.2, 0.25) is 0 Å². The van der Waals surface area contributed by atoms with E-state index in [-0.39, 0.29) is 33.2 Å². The zero-order valence-corrected chi connectivity index (χ0v) is 14.3. The van der Waals surface area contributed by atoms with Crippen LogP contribution in [0.25, 0.3) is 11.3 Å². The highest BCUT2D eigenvalue weighted by Gasteiger charge is 2.23. The predicted molar refractivity (Wildman–Crippen MR) is 92.5 cm³/mol. The molecule has 1 aromatic heterocycles. The Bertz CT molecular complexity index is 1100. The molecule has 0 radical (unpaired) electrons. The number of nitriles is 1. The second-order valence-corrected chi connectivity index (χ2v) is 6.87. The SMILES string of the molecule is COc1cc(C#N)ccc1S(=O)(=O)Nc1cn[nH]c1-c1ccccc1F. The van der Waals surface area contributed by atoms with Crippen molar-refractivity contribution in [1.82, 2.24) is 10.2 Å². The van der Waals surface area contributed by atoms with Crippen LogP contribution in [0.5, 0.6) is 5.75 Å². The molecule has 3 aromatic rings. The minimum atomic E-state index is -4.06. The summed E-state index contributed by atoms with van der Waals surface area (Å²) in [5.41, 5.74) is 0.714. The molecule has 0 spiro atoms. The fourth-order valence-electron chi connectivity index (χ4n) is 2.39. The molecule has 0 atom stereocenters. The number of halogens is 1. The summed E-state index contributed by atoms with van der Waals surface area (Å²) in [6.07, 6.45) is 1.25. The van der Waals surface area contributed by atoms with Crippen molar-refractivity contribution < 1.29 is 17.5 Å². The zero-order valence-electron chi connectivity index (χ0n) is 13.5. The second kappa shape index (κ2) is 6.85. The van der Waals surface area contributed by atoms with Crippen LogP contribution < -0.4 is 9.46 Å². The molecule has 132 valence electrons. The fourth-order valence-corrected chi connectivity index (χ4v) is 3.60. The Morgan fingerprint density at radius 3 is 2.73 bits per heavy atom. The Labute approximate surface area is 149 Å². The van der Waals surface area contributed by atoms with Crippen molar-refractivity contribution in [2.75, 3.05) is 11.8 Å². The first-order chi connectivity index (χ1) is 12.5. The number of nitrogens with zero attached hydrogens (tertiary/aromatic N) is 2. The van der Waals surface area contributed by atoms with Crippen molar-refractivity contribution in [3.8, 4) is 23.1 Å². The number of rotatable bonds is 5. The number of H-pyrrole nitrogens is 1. The molecule has 0 saturated carbocycles. The third kappa shape index (κ3) is 3.22. The van der Waals surface area contributed by atoms with Gasteiger partial charge in [0.25, 0.3) is 10.0 Å². The average molecular weight is 372 g/mol. The molecule has 1 heterocycles. The molecule has 0 fully saturated rings. The molecule has 0 aliphatic rings. The number of aromatic amines is 1. The lowest BCUT2D eigenvalue weighted by molar-refractivity contribution is 0.403. The van der Waals surface area contributed by atoms with Gasteiger partial charge in [-0.25, -0.2) is 12.8 Å². The summed E-state index contributed by atoms with van der Waals surface area (Å²) >= 11 is 0. The summed E-state index contributed by atoms with van der Waals surface area (Å²) in [7, 11) is -2.76. The number of hydrogen-bond acceptors (Lipinski definition) is 5. The molecule has 9 heteroatoms. The van der Waals surface area contributed by atoms with Gasteiger partial charge in [0.1, 0.15) is 16.5 Å². The molecule has 7 nitrogen and oxygen atoms in total. The van der Waals surface area contributed by atoms with Crippen LogP contribution in [0, 0.1) is 17.1 Å². The number of aromatic nitrogens is 2. The first-order valence-electron chi connectivity index (χ1n) is 7.35. The molecule has 2 N–H and O–H groups in total. The molecule has 0 aliphatic carbocycles. The number of nitrogens with one attached hydrogen (secondary N) is 2. The Morgan fingerprint density at radius 2 is 2.04 bits per heavy atom. The van der Waals surface area contributed by atoms with E-state index in [9.17, 15) is 12.8 Å². The summed E-state index contributed by atoms with van der Waals surface area (Å²) in [5.74, 6) is -0.499. The molecule has 3 rings (SSSR count). The van der Waals surface area contributed by atoms with Crippen LogP contribution in [0.3, 0.4) is 0 Å². The molecule has 0 amide bonds. The number of anilines is 1. The summed E-state index contributed by atoms with van der Waals surface area (Å²) < 4.78 is 46.9. The van der Waals surface area contributed by atoms with E-state index >= 15 is 0 Å². The normalized spacial score (nSPS) is 11.0. The van der Waals surface area contributed by atoms with Crippen molar-refractivity contribution in [3.63, 3.8) is 0 Å². The van der Waals surface area contributed by atoms with E-state index in [0.29, 0.717) is 0 Å². The highest BCUT2D eigenvalue weighted by Crippen LogP contribution is 2.31. The number of ether oxygens (including phenoxy) is 1. The van der Waals surface area contributed by atoms with E-state index in [2.05, 4.69) is 14.9 Å². The quantitative estimate of drug-likeness (QED) is 0.716. The Kier molecular flexibility index (Phi) is 4.60. The first-order valence-corrected chi connectivity index (χ1v) is 8.84. The van der Waals surface area contributed by atoms with Gasteiger partial charge in [0.05, 0.1) is 36.3 Å². The summed E-state index contributed by atoms with van der Waals surface area (Å²) in [6, 6.07) is 11.8. The summed E-state index contributed by atoms with van der Waals surface area (Å²) in [5, 5.41) is 15.3. The van der Waals surface area contributed by atoms with Crippen LogP contribution in [0.2, 0.25) is 0 Å². The number of sulfonamides is 1. The predicted octanol–water partition coefficient (Wildman–Crippen LogP) is 2.90. The zero-order chi connectivity index (χ0) is 18.7. The van der Waals surface area contributed by atoms with Crippen LogP contribution in [0.1, 0.15) is 5.56 Å². The number of hydrogen-bond donors (Lipinski definition) is 2. The summed E-state index contributed by atoms with van der Waals surface area (Å²) in [6.45, 7) is 0. The van der Waals surface area contributed by atoms with Crippen LogP contribution in [0.15, 0.2) is 53.6 Å². The molecule has 0 unspecified atom stereocenters. The van der Waals surface area contributed by atoms with Crippen molar-refractivity contribution in [3.05, 3.63) is 60.0 Å². The van der Waals surface area contributed by atoms with E-state index < -0.39 is 15.8 Å². The minimum absolute atomic E-state index is 0.0208. The van der Waals surface area contributed by atoms with Crippen molar-refractivity contribution in [2.45, 2.75) is 4.90 Å². The molecule has 0 aliphatic heterocycles. The molecule has 26 heavy (non-hydrogen) atoms. The van der Waals surface area contributed by atoms with Crippen LogP contribution in [0.4, 0.5) is 10.1 Å². The van der Waals surface area contributed by atoms with Gasteiger partial charge in [-0.1, -0.05) is 12.1 Å². The largest absolute Gasteiger partial charge is 0.495 e. The molecule has 2 aromatic carbocycles. The molecular weight excluding hydrogens is 359 g/mol. The van der Waals surface area contributed by atoms with Crippen LogP contribution >= 0.6 is 0 Å². The van der Waals surface area contributed by atoms with Gasteiger partial charge in [-0.2, -0.15) is 10.4 Å². The van der Waals surface area contributed by atoms with Gasteiger partial charge in [0, 0.05) is 5.56 Å². The third-order valence-corrected chi connectivity index (χ3v) is 5.01. The second-order valence-electron chi connectivity index (χ2n) is 5.22. The van der Waals surface area contributed by atoms with Gasteiger partial charge in [-0.05, 0) is 30.3 Å². The summed E-state index contributed by atoms with van der Waals surface area (Å²) in [4.78, 5) is -0.153.